The SMILES string of the molecule is N#CC1=C(N)Oc2ccc(Cl)c(O)c2C12C(=O)Nc1ccccc12. The smallest absolute Gasteiger partial charge is 0.245 e. The first-order valence-corrected chi connectivity index (χ1v) is 7.40. The Morgan fingerprint density at radius 1 is 1.29 bits per heavy atom. The summed E-state index contributed by atoms with van der Waals surface area (Å²) in [6.45, 7) is 0. The van der Waals surface area contributed by atoms with E-state index in [1.807, 2.05) is 6.07 Å². The van der Waals surface area contributed by atoms with Gasteiger partial charge in [-0.2, -0.15) is 5.26 Å². The first-order chi connectivity index (χ1) is 11.5. The highest BCUT2D eigenvalue weighted by atomic mass is 35.5. The van der Waals surface area contributed by atoms with Gasteiger partial charge in [0, 0.05) is 11.3 Å². The molecule has 1 unspecified atom stereocenters. The van der Waals surface area contributed by atoms with Gasteiger partial charge < -0.3 is 20.9 Å². The van der Waals surface area contributed by atoms with Gasteiger partial charge in [0.25, 0.3) is 0 Å². The number of carbonyl (C=O) groups is 1. The van der Waals surface area contributed by atoms with Crippen LogP contribution in [0.5, 0.6) is 11.5 Å². The molecule has 0 saturated heterocycles. The van der Waals surface area contributed by atoms with Gasteiger partial charge >= 0.3 is 0 Å². The Balaban J connectivity index is 2.21. The van der Waals surface area contributed by atoms with E-state index in [-0.39, 0.29) is 33.5 Å². The number of nitrogens with two attached hydrogens (primary N) is 1. The molecule has 7 heteroatoms. The normalized spacial score (nSPS) is 20.9. The maximum absolute atomic E-state index is 13.0. The van der Waals surface area contributed by atoms with Crippen LogP contribution in [0.4, 0.5) is 5.69 Å². The Kier molecular flexibility index (Phi) is 2.80. The second-order valence-corrected chi connectivity index (χ2v) is 5.88. The molecule has 1 spiro atoms. The largest absolute Gasteiger partial charge is 0.506 e. The van der Waals surface area contributed by atoms with Crippen molar-refractivity contribution in [1.29, 1.82) is 5.26 Å². The van der Waals surface area contributed by atoms with Crippen molar-refractivity contribution in [1.82, 2.24) is 0 Å². The van der Waals surface area contributed by atoms with E-state index in [1.54, 1.807) is 24.3 Å². The lowest BCUT2D eigenvalue weighted by Crippen LogP contribution is -2.42. The third kappa shape index (κ3) is 1.52. The number of anilines is 1. The number of carbonyl (C=O) groups excluding carboxylic acids is 1. The summed E-state index contributed by atoms with van der Waals surface area (Å²) in [6.07, 6.45) is 0. The molecule has 2 aromatic rings. The number of fused-ring (bicyclic) bond motifs is 4. The highest BCUT2D eigenvalue weighted by Gasteiger charge is 2.57. The van der Waals surface area contributed by atoms with Gasteiger partial charge in [-0.05, 0) is 18.2 Å². The van der Waals surface area contributed by atoms with Crippen molar-refractivity contribution in [2.45, 2.75) is 5.41 Å². The van der Waals surface area contributed by atoms with Gasteiger partial charge in [0.05, 0.1) is 10.6 Å². The summed E-state index contributed by atoms with van der Waals surface area (Å²) in [6, 6.07) is 11.8. The fourth-order valence-electron chi connectivity index (χ4n) is 3.37. The fourth-order valence-corrected chi connectivity index (χ4v) is 3.52. The Hall–Kier alpha value is -3.17. The van der Waals surface area contributed by atoms with Crippen LogP contribution in [0, 0.1) is 11.3 Å². The molecule has 6 nitrogen and oxygen atoms in total. The molecule has 0 fully saturated rings. The summed E-state index contributed by atoms with van der Waals surface area (Å²) in [5, 5.41) is 23.0. The number of rotatable bonds is 0. The van der Waals surface area contributed by atoms with Crippen LogP contribution >= 0.6 is 11.6 Å². The van der Waals surface area contributed by atoms with E-state index < -0.39 is 11.3 Å². The predicted octanol–water partition coefficient (Wildman–Crippen LogP) is 2.37. The Morgan fingerprint density at radius 3 is 2.79 bits per heavy atom. The molecule has 2 heterocycles. The highest BCUT2D eigenvalue weighted by Crippen LogP contribution is 2.56. The number of para-hydroxylation sites is 1. The number of hydrogen-bond donors (Lipinski definition) is 3. The molecule has 0 aliphatic carbocycles. The number of nitriles is 1. The van der Waals surface area contributed by atoms with E-state index in [1.165, 1.54) is 12.1 Å². The minimum Gasteiger partial charge on any atom is -0.506 e. The zero-order valence-electron chi connectivity index (χ0n) is 12.1. The monoisotopic (exact) mass is 339 g/mol. The minimum atomic E-state index is -1.60. The predicted molar refractivity (Wildman–Crippen MR) is 86.4 cm³/mol. The third-order valence-corrected chi connectivity index (χ3v) is 4.64. The van der Waals surface area contributed by atoms with Crippen LogP contribution in [0.15, 0.2) is 47.9 Å². The van der Waals surface area contributed by atoms with E-state index in [9.17, 15) is 15.2 Å². The summed E-state index contributed by atoms with van der Waals surface area (Å²) >= 11 is 6.04. The van der Waals surface area contributed by atoms with Crippen molar-refractivity contribution in [3.63, 3.8) is 0 Å². The van der Waals surface area contributed by atoms with E-state index in [0.717, 1.165) is 0 Å². The van der Waals surface area contributed by atoms with Gasteiger partial charge in [-0.3, -0.25) is 4.79 Å². The molecule has 118 valence electrons. The standard InChI is InChI=1S/C17H10ClN3O3/c18-10-5-6-12-13(14(10)22)17(9(7-19)15(20)24-12)8-3-1-2-4-11(8)21-16(17)23/h1-6,22H,20H2,(H,21,23). The molecule has 0 saturated carbocycles. The summed E-state index contributed by atoms with van der Waals surface area (Å²) in [5.41, 5.74) is 5.38. The number of phenols is 1. The van der Waals surface area contributed by atoms with Gasteiger partial charge in [0.15, 0.2) is 0 Å². The second-order valence-electron chi connectivity index (χ2n) is 5.47. The molecule has 2 aromatic carbocycles. The first kappa shape index (κ1) is 14.4. The number of halogens is 1. The van der Waals surface area contributed by atoms with Crippen molar-refractivity contribution < 1.29 is 14.6 Å². The first-order valence-electron chi connectivity index (χ1n) is 7.03. The highest BCUT2D eigenvalue weighted by molar-refractivity contribution is 6.32. The number of amides is 1. The molecule has 2 aliphatic rings. The molecule has 1 atom stereocenters. The molecule has 4 rings (SSSR count). The van der Waals surface area contributed by atoms with E-state index in [2.05, 4.69) is 5.32 Å². The van der Waals surface area contributed by atoms with Crippen LogP contribution in [0.25, 0.3) is 0 Å². The summed E-state index contributed by atoms with van der Waals surface area (Å²) in [4.78, 5) is 13.0. The fraction of sp³-hybridized carbons (Fsp3) is 0.0588. The lowest BCUT2D eigenvalue weighted by atomic mass is 9.68. The van der Waals surface area contributed by atoms with Crippen molar-refractivity contribution in [3.8, 4) is 17.6 Å². The molecule has 1 amide bonds. The zero-order valence-corrected chi connectivity index (χ0v) is 12.9. The van der Waals surface area contributed by atoms with Crippen LogP contribution in [0.3, 0.4) is 0 Å². The van der Waals surface area contributed by atoms with Crippen molar-refractivity contribution >= 4 is 23.2 Å². The van der Waals surface area contributed by atoms with Crippen LogP contribution < -0.4 is 15.8 Å². The Bertz CT molecular complexity index is 993. The van der Waals surface area contributed by atoms with Crippen LogP contribution in [0.1, 0.15) is 11.1 Å². The van der Waals surface area contributed by atoms with Crippen molar-refractivity contribution in [3.05, 3.63) is 64.0 Å². The summed E-state index contributed by atoms with van der Waals surface area (Å²) < 4.78 is 5.46. The minimum absolute atomic E-state index is 0.0478. The molecule has 4 N–H and O–H groups in total. The van der Waals surface area contributed by atoms with Gasteiger partial charge in [-0.15, -0.1) is 0 Å². The number of ether oxygens (including phenoxy) is 1. The van der Waals surface area contributed by atoms with Crippen LogP contribution in [-0.2, 0) is 10.2 Å². The molecule has 0 aromatic heterocycles. The Labute approximate surface area is 141 Å². The zero-order chi connectivity index (χ0) is 17.1. The lowest BCUT2D eigenvalue weighted by molar-refractivity contribution is -0.118. The number of benzene rings is 2. The number of aromatic hydroxyl groups is 1. The molecular formula is C17H10ClN3O3. The number of hydrogen-bond acceptors (Lipinski definition) is 5. The number of nitrogens with one attached hydrogen (secondary N) is 1. The van der Waals surface area contributed by atoms with E-state index in [0.29, 0.717) is 11.3 Å². The van der Waals surface area contributed by atoms with Crippen LogP contribution in [-0.4, -0.2) is 11.0 Å². The topological polar surface area (TPSA) is 108 Å². The number of nitrogens with zero attached hydrogens (tertiary/aromatic N) is 1. The maximum Gasteiger partial charge on any atom is 0.245 e. The summed E-state index contributed by atoms with van der Waals surface area (Å²) in [7, 11) is 0. The van der Waals surface area contributed by atoms with Crippen LogP contribution in [0.2, 0.25) is 5.02 Å². The molecule has 2 aliphatic heterocycles. The molecule has 0 bridgehead atoms. The third-order valence-electron chi connectivity index (χ3n) is 4.34. The second kappa shape index (κ2) is 4.66. The lowest BCUT2D eigenvalue weighted by Gasteiger charge is -2.34. The molecule has 0 radical (unpaired) electrons. The van der Waals surface area contributed by atoms with Gasteiger partial charge in [0.1, 0.15) is 28.6 Å². The van der Waals surface area contributed by atoms with E-state index in [4.69, 9.17) is 22.1 Å². The van der Waals surface area contributed by atoms with Crippen molar-refractivity contribution in [2.24, 2.45) is 5.73 Å². The average molecular weight is 340 g/mol. The molecule has 24 heavy (non-hydrogen) atoms. The number of phenolic OH excluding ortho intramolecular Hbond substituents is 1. The average Bonchev–Trinajstić information content (AvgIpc) is 2.84. The summed E-state index contributed by atoms with van der Waals surface area (Å²) in [5.74, 6) is -0.814. The quantitative estimate of drug-likeness (QED) is 0.682. The molecular weight excluding hydrogens is 330 g/mol. The Morgan fingerprint density at radius 2 is 2.04 bits per heavy atom. The maximum atomic E-state index is 13.0. The van der Waals surface area contributed by atoms with E-state index >= 15 is 0 Å². The van der Waals surface area contributed by atoms with Gasteiger partial charge in [-0.1, -0.05) is 29.8 Å². The van der Waals surface area contributed by atoms with Gasteiger partial charge in [-0.25, -0.2) is 0 Å². The van der Waals surface area contributed by atoms with Crippen molar-refractivity contribution in [2.75, 3.05) is 5.32 Å². The van der Waals surface area contributed by atoms with Gasteiger partial charge in [0.2, 0.25) is 11.8 Å².